The fourth-order valence-corrected chi connectivity index (χ4v) is 2.45. The highest BCUT2D eigenvalue weighted by molar-refractivity contribution is 7.90. The fourth-order valence-electron chi connectivity index (χ4n) is 1.79. The minimum absolute atomic E-state index is 0.233. The second kappa shape index (κ2) is 6.69. The first-order valence-corrected chi connectivity index (χ1v) is 8.51. The topological polar surface area (TPSA) is 68.3 Å². The number of ether oxygens (including phenoxy) is 1. The monoisotopic (exact) mass is 306 g/mol. The van der Waals surface area contributed by atoms with Crippen LogP contribution in [-0.4, -0.2) is 26.2 Å². The molecule has 0 amide bonds. The normalized spacial score (nSPS) is 11.3. The minimum Gasteiger partial charge on any atom is -0.456 e. The number of pyridine rings is 1. The van der Waals surface area contributed by atoms with E-state index in [9.17, 15) is 8.42 Å². The predicted octanol–water partition coefficient (Wildman–Crippen LogP) is 2.39. The van der Waals surface area contributed by atoms with Gasteiger partial charge in [0.1, 0.15) is 11.5 Å². The van der Waals surface area contributed by atoms with Gasteiger partial charge in [0, 0.05) is 19.0 Å². The van der Waals surface area contributed by atoms with Crippen molar-refractivity contribution in [1.82, 2.24) is 10.3 Å². The third-order valence-corrected chi connectivity index (χ3v) is 3.93. The van der Waals surface area contributed by atoms with Crippen molar-refractivity contribution < 1.29 is 13.2 Å². The highest BCUT2D eigenvalue weighted by Crippen LogP contribution is 2.24. The molecule has 1 aromatic carbocycles. The van der Waals surface area contributed by atoms with Crippen molar-refractivity contribution in [2.45, 2.75) is 18.4 Å². The third-order valence-electron chi connectivity index (χ3n) is 2.82. The van der Waals surface area contributed by atoms with Crippen LogP contribution in [-0.2, 0) is 16.4 Å². The van der Waals surface area contributed by atoms with Gasteiger partial charge in [0.15, 0.2) is 9.84 Å². The molecule has 0 unspecified atom stereocenters. The van der Waals surface area contributed by atoms with Crippen molar-refractivity contribution in [2.75, 3.05) is 12.8 Å². The Morgan fingerprint density at radius 2 is 2.00 bits per heavy atom. The van der Waals surface area contributed by atoms with Gasteiger partial charge in [-0.05, 0) is 36.4 Å². The molecule has 1 heterocycles. The van der Waals surface area contributed by atoms with Gasteiger partial charge in [-0.2, -0.15) is 0 Å². The highest BCUT2D eigenvalue weighted by atomic mass is 32.2. The second-order valence-corrected chi connectivity index (χ2v) is 6.67. The number of hydrogen-bond acceptors (Lipinski definition) is 5. The van der Waals surface area contributed by atoms with Crippen molar-refractivity contribution >= 4 is 9.84 Å². The van der Waals surface area contributed by atoms with Gasteiger partial charge in [-0.15, -0.1) is 0 Å². The van der Waals surface area contributed by atoms with Crippen LogP contribution in [0, 0.1) is 0 Å². The molecule has 0 spiro atoms. The Kier molecular flexibility index (Phi) is 4.93. The molecular weight excluding hydrogens is 288 g/mol. The summed E-state index contributed by atoms with van der Waals surface area (Å²) in [5, 5.41) is 3.21. The molecule has 2 aromatic rings. The van der Waals surface area contributed by atoms with E-state index in [1.165, 1.54) is 12.3 Å². The molecule has 0 atom stereocenters. The first kappa shape index (κ1) is 15.5. The van der Waals surface area contributed by atoms with Crippen molar-refractivity contribution in [1.29, 1.82) is 0 Å². The van der Waals surface area contributed by atoms with E-state index < -0.39 is 9.84 Å². The van der Waals surface area contributed by atoms with Gasteiger partial charge >= 0.3 is 0 Å². The third kappa shape index (κ3) is 4.54. The van der Waals surface area contributed by atoms with Gasteiger partial charge in [0.2, 0.25) is 0 Å². The van der Waals surface area contributed by atoms with Gasteiger partial charge in [-0.1, -0.05) is 13.0 Å². The standard InChI is InChI=1S/C15H18N2O3S/c1-3-16-9-12-7-14(11-17-10-12)20-13-5-4-6-15(8-13)21(2,18)19/h4-8,10-11,16H,3,9H2,1-2H3. The summed E-state index contributed by atoms with van der Waals surface area (Å²) in [4.78, 5) is 4.35. The number of rotatable bonds is 6. The summed E-state index contributed by atoms with van der Waals surface area (Å²) in [6, 6.07) is 8.30. The van der Waals surface area contributed by atoms with Crippen LogP contribution in [0.15, 0.2) is 47.6 Å². The molecule has 0 bridgehead atoms. The summed E-state index contributed by atoms with van der Waals surface area (Å²) in [5.41, 5.74) is 1.01. The molecular formula is C15H18N2O3S. The molecule has 0 fully saturated rings. The van der Waals surface area contributed by atoms with E-state index in [1.54, 1.807) is 30.6 Å². The zero-order valence-electron chi connectivity index (χ0n) is 12.0. The number of aromatic nitrogens is 1. The van der Waals surface area contributed by atoms with Crippen molar-refractivity contribution in [2.24, 2.45) is 0 Å². The van der Waals surface area contributed by atoms with Crippen molar-refractivity contribution in [3.05, 3.63) is 48.3 Å². The van der Waals surface area contributed by atoms with Crippen molar-refractivity contribution in [3.63, 3.8) is 0 Å². The Labute approximate surface area is 124 Å². The number of hydrogen-bond donors (Lipinski definition) is 1. The molecule has 6 heteroatoms. The SMILES string of the molecule is CCNCc1cncc(Oc2cccc(S(C)(=O)=O)c2)c1. The van der Waals surface area contributed by atoms with E-state index in [0.717, 1.165) is 12.1 Å². The molecule has 0 aliphatic rings. The Hall–Kier alpha value is -1.92. The average molecular weight is 306 g/mol. The lowest BCUT2D eigenvalue weighted by Gasteiger charge is -2.08. The Bertz CT molecular complexity index is 714. The van der Waals surface area contributed by atoms with Crippen LogP contribution in [0.3, 0.4) is 0 Å². The maximum Gasteiger partial charge on any atom is 0.175 e. The van der Waals surface area contributed by atoms with Crippen LogP contribution >= 0.6 is 0 Å². The smallest absolute Gasteiger partial charge is 0.175 e. The lowest BCUT2D eigenvalue weighted by molar-refractivity contribution is 0.477. The predicted molar refractivity (Wildman–Crippen MR) is 81.2 cm³/mol. The molecule has 21 heavy (non-hydrogen) atoms. The number of nitrogens with zero attached hydrogens (tertiary/aromatic N) is 1. The minimum atomic E-state index is -3.24. The zero-order chi connectivity index (χ0) is 15.3. The first-order chi connectivity index (χ1) is 9.99. The van der Waals surface area contributed by atoms with Crippen LogP contribution in [0.4, 0.5) is 0 Å². The Morgan fingerprint density at radius 3 is 2.71 bits per heavy atom. The maximum atomic E-state index is 11.5. The van der Waals surface area contributed by atoms with Crippen LogP contribution < -0.4 is 10.1 Å². The van der Waals surface area contributed by atoms with E-state index in [-0.39, 0.29) is 4.90 Å². The molecule has 0 saturated carbocycles. The Balaban J connectivity index is 2.18. The van der Waals surface area contributed by atoms with Gasteiger partial charge in [-0.25, -0.2) is 8.42 Å². The van der Waals surface area contributed by atoms with Crippen LogP contribution in [0.1, 0.15) is 12.5 Å². The summed E-state index contributed by atoms with van der Waals surface area (Å²) < 4.78 is 28.7. The molecule has 1 N–H and O–H groups in total. The lowest BCUT2D eigenvalue weighted by atomic mass is 10.2. The van der Waals surface area contributed by atoms with Gasteiger partial charge in [0.05, 0.1) is 11.1 Å². The van der Waals surface area contributed by atoms with Gasteiger partial charge < -0.3 is 10.1 Å². The molecule has 1 aromatic heterocycles. The summed E-state index contributed by atoms with van der Waals surface area (Å²) in [7, 11) is -3.24. The highest BCUT2D eigenvalue weighted by Gasteiger charge is 2.08. The fraction of sp³-hybridized carbons (Fsp3) is 0.267. The first-order valence-electron chi connectivity index (χ1n) is 6.61. The molecule has 112 valence electrons. The van der Waals surface area contributed by atoms with E-state index in [2.05, 4.69) is 10.3 Å². The number of benzene rings is 1. The summed E-state index contributed by atoms with van der Waals surface area (Å²) in [5.74, 6) is 1.05. The van der Waals surface area contributed by atoms with Crippen LogP contribution in [0.2, 0.25) is 0 Å². The molecule has 0 saturated heterocycles. The summed E-state index contributed by atoms with van der Waals surface area (Å²) in [6.07, 6.45) is 4.54. The zero-order valence-corrected chi connectivity index (χ0v) is 12.9. The average Bonchev–Trinajstić information content (AvgIpc) is 2.45. The summed E-state index contributed by atoms with van der Waals surface area (Å²) >= 11 is 0. The van der Waals surface area contributed by atoms with E-state index in [4.69, 9.17) is 4.74 Å². The molecule has 0 aliphatic carbocycles. The summed E-state index contributed by atoms with van der Waals surface area (Å²) in [6.45, 7) is 3.62. The van der Waals surface area contributed by atoms with E-state index >= 15 is 0 Å². The van der Waals surface area contributed by atoms with Crippen molar-refractivity contribution in [3.8, 4) is 11.5 Å². The molecule has 0 radical (unpaired) electrons. The quantitative estimate of drug-likeness (QED) is 0.887. The van der Waals surface area contributed by atoms with Crippen LogP contribution in [0.5, 0.6) is 11.5 Å². The van der Waals surface area contributed by atoms with E-state index in [1.807, 2.05) is 13.0 Å². The number of sulfone groups is 1. The largest absolute Gasteiger partial charge is 0.456 e. The lowest BCUT2D eigenvalue weighted by Crippen LogP contribution is -2.11. The molecule has 0 aliphatic heterocycles. The van der Waals surface area contributed by atoms with Crippen LogP contribution in [0.25, 0.3) is 0 Å². The van der Waals surface area contributed by atoms with Gasteiger partial charge in [0.25, 0.3) is 0 Å². The maximum absolute atomic E-state index is 11.5. The van der Waals surface area contributed by atoms with Gasteiger partial charge in [-0.3, -0.25) is 4.98 Å². The second-order valence-electron chi connectivity index (χ2n) is 4.66. The number of nitrogens with one attached hydrogen (secondary N) is 1. The Morgan fingerprint density at radius 1 is 1.19 bits per heavy atom. The molecule has 2 rings (SSSR count). The molecule has 5 nitrogen and oxygen atoms in total. The van der Waals surface area contributed by atoms with E-state index in [0.29, 0.717) is 18.0 Å².